The predicted molar refractivity (Wildman–Crippen MR) is 137 cm³/mol. The molecule has 2 unspecified atom stereocenters. The van der Waals surface area contributed by atoms with E-state index in [9.17, 15) is 24.6 Å². The summed E-state index contributed by atoms with van der Waals surface area (Å²) in [7, 11) is 0. The topological polar surface area (TPSA) is 151 Å². The van der Waals surface area contributed by atoms with Crippen LogP contribution in [-0.2, 0) is 23.9 Å². The van der Waals surface area contributed by atoms with E-state index in [1.807, 2.05) is 0 Å². The first-order valence-corrected chi connectivity index (χ1v) is 13.8. The zero-order chi connectivity index (χ0) is 27.1. The Morgan fingerprint density at radius 2 is 1.17 bits per heavy atom. The molecule has 0 aliphatic rings. The number of carboxylic acid groups (broad SMARTS) is 2. The maximum absolute atomic E-state index is 12.0. The van der Waals surface area contributed by atoms with Gasteiger partial charge in [0, 0.05) is 6.61 Å². The van der Waals surface area contributed by atoms with E-state index in [4.69, 9.17) is 19.7 Å². The lowest BCUT2D eigenvalue weighted by Crippen LogP contribution is -2.46. The molecule has 0 bridgehead atoms. The summed E-state index contributed by atoms with van der Waals surface area (Å²) >= 11 is 0. The number of carboxylic acids is 2. The summed E-state index contributed by atoms with van der Waals surface area (Å²) < 4.78 is 10.2. The molecule has 0 aromatic carbocycles. The number of hydrogen-bond donors (Lipinski definition) is 4. The van der Waals surface area contributed by atoms with Crippen molar-refractivity contribution in [1.82, 2.24) is 0 Å². The van der Waals surface area contributed by atoms with Crippen molar-refractivity contribution >= 4 is 17.9 Å². The Morgan fingerprint density at radius 3 is 1.56 bits per heavy atom. The number of ether oxygens (including phenoxy) is 2. The highest BCUT2D eigenvalue weighted by Crippen LogP contribution is 2.24. The van der Waals surface area contributed by atoms with Gasteiger partial charge in [-0.3, -0.25) is 9.59 Å². The molecule has 0 amide bonds. The molecule has 0 rings (SSSR count). The monoisotopic (exact) mass is 518 g/mol. The van der Waals surface area contributed by atoms with Gasteiger partial charge in [-0.2, -0.15) is 0 Å². The number of aliphatic hydroxyl groups excluding tert-OH is 2. The molecular weight excluding hydrogens is 468 g/mol. The van der Waals surface area contributed by atoms with Crippen LogP contribution >= 0.6 is 0 Å². The first-order valence-electron chi connectivity index (χ1n) is 13.8. The maximum atomic E-state index is 12.0. The first-order chi connectivity index (χ1) is 17.3. The zero-order valence-electron chi connectivity index (χ0n) is 22.3. The Labute approximate surface area is 216 Å². The lowest BCUT2D eigenvalue weighted by molar-refractivity contribution is -0.180. The second-order valence-corrected chi connectivity index (χ2v) is 9.72. The Balaban J connectivity index is 4.03. The van der Waals surface area contributed by atoms with Gasteiger partial charge in [-0.25, -0.2) is 4.79 Å². The largest absolute Gasteiger partial charge is 0.481 e. The van der Waals surface area contributed by atoms with Gasteiger partial charge >= 0.3 is 17.9 Å². The van der Waals surface area contributed by atoms with Gasteiger partial charge in [-0.1, -0.05) is 103 Å². The normalized spacial score (nSPS) is 13.8. The van der Waals surface area contributed by atoms with E-state index in [1.165, 1.54) is 77.0 Å². The lowest BCUT2D eigenvalue weighted by Gasteiger charge is -2.27. The Hall–Kier alpha value is -1.71. The smallest absolute Gasteiger partial charge is 0.337 e. The van der Waals surface area contributed by atoms with Crippen molar-refractivity contribution in [3.8, 4) is 0 Å². The predicted octanol–water partition coefficient (Wildman–Crippen LogP) is 4.85. The van der Waals surface area contributed by atoms with Crippen molar-refractivity contribution in [2.75, 3.05) is 19.8 Å². The number of hydrogen-bond acceptors (Lipinski definition) is 7. The quantitative estimate of drug-likeness (QED) is 0.0930. The highest BCUT2D eigenvalue weighted by Gasteiger charge is 2.44. The lowest BCUT2D eigenvalue weighted by atomic mass is 9.95. The molecule has 212 valence electrons. The molecule has 4 N–H and O–H groups in total. The van der Waals surface area contributed by atoms with E-state index < -0.39 is 55.7 Å². The van der Waals surface area contributed by atoms with E-state index in [1.54, 1.807) is 0 Å². The van der Waals surface area contributed by atoms with E-state index in [0.717, 1.165) is 19.3 Å². The summed E-state index contributed by atoms with van der Waals surface area (Å²) in [5.41, 5.74) is -2.23. The van der Waals surface area contributed by atoms with Gasteiger partial charge in [0.2, 0.25) is 0 Å². The number of aliphatic hydroxyl groups is 2. The molecule has 0 aromatic rings. The van der Waals surface area contributed by atoms with Crippen LogP contribution in [0.3, 0.4) is 0 Å². The first kappa shape index (κ1) is 34.3. The summed E-state index contributed by atoms with van der Waals surface area (Å²) in [6.07, 6.45) is 16.2. The molecule has 0 aliphatic carbocycles. The molecule has 0 radical (unpaired) electrons. The van der Waals surface area contributed by atoms with Crippen LogP contribution in [0.1, 0.15) is 122 Å². The number of esters is 1. The van der Waals surface area contributed by atoms with Crippen LogP contribution in [0, 0.1) is 0 Å². The molecule has 0 spiro atoms. The third-order valence-electron chi connectivity index (χ3n) is 6.28. The van der Waals surface area contributed by atoms with Gasteiger partial charge in [-0.15, -0.1) is 0 Å². The molecule has 0 aromatic heterocycles. The second-order valence-electron chi connectivity index (χ2n) is 9.72. The van der Waals surface area contributed by atoms with Gasteiger partial charge in [0.1, 0.15) is 12.7 Å². The molecule has 0 saturated carbocycles. The number of rotatable bonds is 26. The summed E-state index contributed by atoms with van der Waals surface area (Å²) in [5, 5.41) is 36.8. The second kappa shape index (κ2) is 22.5. The fraction of sp³-hybridized carbons (Fsp3) is 0.889. The van der Waals surface area contributed by atoms with Crippen molar-refractivity contribution in [2.24, 2.45) is 0 Å². The summed E-state index contributed by atoms with van der Waals surface area (Å²) in [6, 6.07) is 0. The molecule has 9 heteroatoms. The molecule has 0 heterocycles. The number of carbonyl (C=O) groups is 3. The van der Waals surface area contributed by atoms with E-state index in [2.05, 4.69) is 6.92 Å². The zero-order valence-corrected chi connectivity index (χ0v) is 22.3. The van der Waals surface area contributed by atoms with Gasteiger partial charge in [0.05, 0.1) is 19.4 Å². The van der Waals surface area contributed by atoms with Crippen LogP contribution in [0.25, 0.3) is 0 Å². The van der Waals surface area contributed by atoms with Gasteiger partial charge in [0.25, 0.3) is 0 Å². The molecule has 0 aliphatic heterocycles. The van der Waals surface area contributed by atoms with Gasteiger partial charge < -0.3 is 29.9 Å². The Kier molecular flexibility index (Phi) is 21.4. The minimum absolute atomic E-state index is 0.0184. The molecule has 2 atom stereocenters. The molecule has 36 heavy (non-hydrogen) atoms. The van der Waals surface area contributed by atoms with Crippen LogP contribution in [0.5, 0.6) is 0 Å². The third-order valence-corrected chi connectivity index (χ3v) is 6.28. The van der Waals surface area contributed by atoms with Crippen LogP contribution in [0.2, 0.25) is 0 Å². The summed E-state index contributed by atoms with van der Waals surface area (Å²) in [4.78, 5) is 35.0. The SMILES string of the molecule is CCCCCCCCCCCCCCCCCCOC(CC(=O)O)(CC(=O)OCC(O)CO)C(=O)O. The summed E-state index contributed by atoms with van der Waals surface area (Å²) in [5.74, 6) is -3.98. The van der Waals surface area contributed by atoms with Crippen LogP contribution in [-0.4, -0.2) is 69.9 Å². The highest BCUT2D eigenvalue weighted by atomic mass is 16.6. The Bertz CT molecular complexity index is 582. The standard InChI is InChI=1S/C27H50O9/c1-2-3-4-5-6-7-8-9-10-11-12-13-14-15-16-17-18-36-27(26(33)34,19-24(30)31)20-25(32)35-22-23(29)21-28/h23,28-29H,2-22H2,1H3,(H,30,31)(H,33,34). The van der Waals surface area contributed by atoms with Crippen LogP contribution < -0.4 is 0 Å². The molecular formula is C27H50O9. The van der Waals surface area contributed by atoms with Gasteiger partial charge in [-0.05, 0) is 6.42 Å². The maximum Gasteiger partial charge on any atom is 0.337 e. The van der Waals surface area contributed by atoms with Crippen molar-refractivity contribution in [1.29, 1.82) is 0 Å². The average Bonchev–Trinajstić information content (AvgIpc) is 2.83. The third kappa shape index (κ3) is 18.5. The molecule has 0 fully saturated rings. The van der Waals surface area contributed by atoms with Crippen LogP contribution in [0.4, 0.5) is 0 Å². The Morgan fingerprint density at radius 1 is 0.722 bits per heavy atom. The fourth-order valence-electron chi connectivity index (χ4n) is 4.07. The van der Waals surface area contributed by atoms with Crippen molar-refractivity contribution < 1.29 is 44.3 Å². The van der Waals surface area contributed by atoms with E-state index in [-0.39, 0.29) is 6.61 Å². The van der Waals surface area contributed by atoms with Crippen molar-refractivity contribution in [3.05, 3.63) is 0 Å². The van der Waals surface area contributed by atoms with E-state index >= 15 is 0 Å². The highest BCUT2D eigenvalue weighted by molar-refractivity contribution is 5.88. The summed E-state index contributed by atoms with van der Waals surface area (Å²) in [6.45, 7) is 1.12. The molecule has 9 nitrogen and oxygen atoms in total. The van der Waals surface area contributed by atoms with Gasteiger partial charge in [0.15, 0.2) is 5.60 Å². The van der Waals surface area contributed by atoms with Crippen molar-refractivity contribution in [2.45, 2.75) is 134 Å². The number of carbonyl (C=O) groups excluding carboxylic acids is 1. The minimum Gasteiger partial charge on any atom is -0.481 e. The molecule has 0 saturated heterocycles. The minimum atomic E-state index is -2.23. The van der Waals surface area contributed by atoms with E-state index in [0.29, 0.717) is 6.42 Å². The number of unbranched alkanes of at least 4 members (excludes halogenated alkanes) is 15. The van der Waals surface area contributed by atoms with Crippen LogP contribution in [0.15, 0.2) is 0 Å². The average molecular weight is 519 g/mol. The number of aliphatic carboxylic acids is 2. The van der Waals surface area contributed by atoms with Crippen molar-refractivity contribution in [3.63, 3.8) is 0 Å². The fourth-order valence-corrected chi connectivity index (χ4v) is 4.07.